The highest BCUT2D eigenvalue weighted by molar-refractivity contribution is 6.01. The fourth-order valence-electron chi connectivity index (χ4n) is 13.1. The van der Waals surface area contributed by atoms with Crippen LogP contribution in [0.1, 0.15) is 150 Å². The van der Waals surface area contributed by atoms with Crippen molar-refractivity contribution < 1.29 is 72.4 Å². The van der Waals surface area contributed by atoms with Gasteiger partial charge in [0, 0.05) is 77.1 Å². The first-order valence-electron chi connectivity index (χ1n) is 44.6. The molecule has 3 rings (SSSR count). The fraction of sp³-hybridized carbons (Fsp3) is 0.597. The smallest absolute Gasteiger partial charge is 0.252 e. The fourth-order valence-corrected chi connectivity index (χ4v) is 13.1. The number of carbonyl (C=O) groups is 11. The van der Waals surface area contributed by atoms with Gasteiger partial charge in [0.1, 0.15) is 96.5 Å². The number of ether oxygens (including phenoxy) is 2. The van der Waals surface area contributed by atoms with Gasteiger partial charge in [-0.1, -0.05) is 10.4 Å². The van der Waals surface area contributed by atoms with Gasteiger partial charge in [-0.05, 0) is 141 Å². The van der Waals surface area contributed by atoms with E-state index in [1.54, 1.807) is 0 Å². The van der Waals surface area contributed by atoms with Crippen LogP contribution in [0.25, 0.3) is 0 Å². The SMILES string of the molecule is N=C(N)NCCC[C@H](NC(=O)[C@H](CCCNC(=N)N)NC(=O)[C@H](CCCNC(=N)N)NC(=O)[C@H](CCCNC(=N)N)NC(=O)[C@H](CCCNC(=N)N)NC(=O)[C@H](CCCNC(=N)N)NC(=O)[C@H](CCCNC(=N)N)NC(=O)[C@H](CCCNC(=N)N)NC(=O)[C@H](CCCNC(=N)N)NC(=O)[C@H](CCCNC(=N)N)NC(=O)c1cc(OCc2cn(CCO)nn2)cc(OCc2cn(CCO)nn2)c1)C(N)=O. The van der Waals surface area contributed by atoms with Crippen LogP contribution in [0.5, 0.6) is 11.5 Å². The standard InChI is InChI=1S/C77H141N47O15/c78-57(127)47(11-1-21-99-68(79)80)109-59(129)49(13-3-23-101-70(83)84)111-61(131)51(15-5-25-103-72(87)88)113-63(133)53(17-7-27-105-74(91)92)115-65(135)55(19-9-29-107-76(95)96)117-67(137)56(20-10-30-108-77(97)98)118-66(136)54(18-8-28-106-75(93)94)116-64(134)52(16-6-26-104-73(89)90)114-62(132)50(14-4-24-102-71(85)86)112-60(130)48(12-2-22-100-69(81)82)110-58(128)42-35-45(138-40-43-38-123(31-33-125)121-119-43)37-46(36-42)139-41-44-39-124(32-34-126)122-120-44/h35-39,47-56,125-126H,1-34,40-41H2,(H2,78,127)(H,109,129)(H,110,128)(H,111,131)(H,112,130)(H,113,133)(H,114,132)(H,115,135)(H,116,134)(H,117,137)(H,118,136)(H4,79,80,99)(H4,81,82,100)(H4,83,84,101)(H4,85,86,102)(H4,87,88,103)(H4,89,90,104)(H4,91,92,105)(H4,93,94,106)(H4,95,96,107)(H4,97,98,108)/t47-,48-,49-,50-,51-,52-,53-,54-,55-,56-/m0/s1. The minimum Gasteiger partial charge on any atom is -0.487 e. The van der Waals surface area contributed by atoms with E-state index in [0.29, 0.717) is 11.4 Å². The van der Waals surface area contributed by atoms with Gasteiger partial charge in [-0.15, -0.1) is 10.2 Å². The molecule has 139 heavy (non-hydrogen) atoms. The molecule has 2 aromatic heterocycles. The average Bonchev–Trinajstić information content (AvgIpc) is 1.81. The average molecular weight is 1970 g/mol. The Morgan fingerprint density at radius 3 is 0.640 bits per heavy atom. The summed E-state index contributed by atoms with van der Waals surface area (Å²) >= 11 is 0. The molecule has 10 atom stereocenters. The molecule has 0 aliphatic carbocycles. The predicted octanol–water partition coefficient (Wildman–Crippen LogP) is -13.4. The van der Waals surface area contributed by atoms with Crippen molar-refractivity contribution in [1.29, 1.82) is 54.1 Å². The molecule has 0 bridgehead atoms. The van der Waals surface area contributed by atoms with Crippen molar-refractivity contribution in [2.75, 3.05) is 78.7 Å². The molecule has 62 heteroatoms. The van der Waals surface area contributed by atoms with Crippen LogP contribution in [0, 0.1) is 54.1 Å². The van der Waals surface area contributed by atoms with Gasteiger partial charge in [0.15, 0.2) is 59.6 Å². The van der Waals surface area contributed by atoms with Gasteiger partial charge in [0.05, 0.1) is 38.7 Å². The number of aromatic nitrogens is 6. The van der Waals surface area contributed by atoms with Crippen LogP contribution in [-0.2, 0) is 74.2 Å². The van der Waals surface area contributed by atoms with Gasteiger partial charge in [-0.25, -0.2) is 9.36 Å². The number of aliphatic hydroxyl groups is 2. The van der Waals surface area contributed by atoms with E-state index in [4.69, 9.17) is 127 Å². The monoisotopic (exact) mass is 1960 g/mol. The summed E-state index contributed by atoms with van der Waals surface area (Å²) in [6.07, 6.45) is 0.777. The largest absolute Gasteiger partial charge is 0.487 e. The number of amides is 11. The van der Waals surface area contributed by atoms with Crippen LogP contribution in [0.2, 0.25) is 0 Å². The van der Waals surface area contributed by atoms with Crippen molar-refractivity contribution in [2.24, 2.45) is 63.1 Å². The highest BCUT2D eigenvalue weighted by atomic mass is 16.5. The Morgan fingerprint density at radius 1 is 0.281 bits per heavy atom. The van der Waals surface area contributed by atoms with Crippen molar-refractivity contribution in [2.45, 2.75) is 215 Å². The molecule has 0 saturated heterocycles. The molecule has 54 N–H and O–H groups in total. The summed E-state index contributed by atoms with van der Waals surface area (Å²) in [4.78, 5) is 162. The molecule has 0 aliphatic heterocycles. The molecule has 3 aromatic rings. The van der Waals surface area contributed by atoms with E-state index in [1.807, 2.05) is 0 Å². The van der Waals surface area contributed by atoms with E-state index < -0.39 is 179 Å². The number of aliphatic hydroxyl groups excluding tert-OH is 2. The zero-order chi connectivity index (χ0) is 103. The lowest BCUT2D eigenvalue weighted by atomic mass is 10.0. The summed E-state index contributed by atoms with van der Waals surface area (Å²) in [7, 11) is 0. The van der Waals surface area contributed by atoms with Crippen molar-refractivity contribution in [3.63, 3.8) is 0 Å². The predicted molar refractivity (Wildman–Crippen MR) is 509 cm³/mol. The van der Waals surface area contributed by atoms with Crippen molar-refractivity contribution in [3.8, 4) is 11.5 Å². The van der Waals surface area contributed by atoms with E-state index in [0.717, 1.165) is 0 Å². The first-order chi connectivity index (χ1) is 66.1. The van der Waals surface area contributed by atoms with E-state index in [1.165, 1.54) is 40.0 Å². The number of nitrogens with two attached hydrogens (primary N) is 11. The van der Waals surface area contributed by atoms with Crippen molar-refractivity contribution >= 4 is 125 Å². The number of rotatable bonds is 71. The highest BCUT2D eigenvalue weighted by Gasteiger charge is 2.37. The summed E-state index contributed by atoms with van der Waals surface area (Å²) in [5, 5.41) is 165. The summed E-state index contributed by atoms with van der Waals surface area (Å²) < 4.78 is 14.9. The molecule has 2 heterocycles. The van der Waals surface area contributed by atoms with Gasteiger partial charge >= 0.3 is 0 Å². The number of hydrogen-bond donors (Lipinski definition) is 43. The summed E-state index contributed by atoms with van der Waals surface area (Å²) in [6, 6.07) is -11.7. The Labute approximate surface area is 800 Å². The molecule has 0 unspecified atom stereocenters. The van der Waals surface area contributed by atoms with Crippen molar-refractivity contribution in [1.82, 2.24) is 136 Å². The third-order valence-electron chi connectivity index (χ3n) is 19.9. The first kappa shape index (κ1) is 117. The second-order valence-electron chi connectivity index (χ2n) is 31.5. The lowest BCUT2D eigenvalue weighted by Crippen LogP contribution is -2.61. The molecule has 62 nitrogen and oxygen atoms in total. The zero-order valence-corrected chi connectivity index (χ0v) is 77.4. The molecule has 774 valence electrons. The number of primary amides is 1. The van der Waals surface area contributed by atoms with Crippen molar-refractivity contribution in [3.05, 3.63) is 47.5 Å². The second kappa shape index (κ2) is 65.5. The molecular formula is C77H141N47O15. The van der Waals surface area contributed by atoms with Crippen LogP contribution in [-0.4, -0.2) is 304 Å². The van der Waals surface area contributed by atoms with Gasteiger partial charge in [0.2, 0.25) is 59.1 Å². The topological polar surface area (TPSA) is 1070 Å². The van der Waals surface area contributed by atoms with E-state index in [2.05, 4.69) is 127 Å². The molecule has 11 amide bonds. The molecular weight excluding hydrogens is 1820 g/mol. The summed E-state index contributed by atoms with van der Waals surface area (Å²) in [5.41, 5.74) is 62.0. The molecule has 0 fully saturated rings. The van der Waals surface area contributed by atoms with Gasteiger partial charge < -0.3 is 189 Å². The molecule has 0 spiro atoms. The number of nitrogens with one attached hydrogen (secondary N) is 30. The second-order valence-corrected chi connectivity index (χ2v) is 31.5. The quantitative estimate of drug-likeness (QED) is 0.0142. The van der Waals surface area contributed by atoms with E-state index in [-0.39, 0.29) is 256 Å². The summed E-state index contributed by atoms with van der Waals surface area (Å²) in [6.45, 7) is -0.915. The summed E-state index contributed by atoms with van der Waals surface area (Å²) in [5.74, 6) is -15.4. The molecule has 1 aromatic carbocycles. The Kier molecular flexibility index (Phi) is 55.2. The lowest BCUT2D eigenvalue weighted by molar-refractivity contribution is -0.136. The third kappa shape index (κ3) is 51.8. The maximum Gasteiger partial charge on any atom is 0.252 e. The minimum atomic E-state index is -1.68. The van der Waals surface area contributed by atoms with Crippen LogP contribution >= 0.6 is 0 Å². The number of carbonyl (C=O) groups excluding carboxylic acids is 11. The minimum absolute atomic E-state index is 0.00139. The van der Waals surface area contributed by atoms with Crippen LogP contribution < -0.4 is 179 Å². The Morgan fingerprint density at radius 2 is 0.460 bits per heavy atom. The maximum atomic E-state index is 15.2. The molecule has 0 radical (unpaired) electrons. The van der Waals surface area contributed by atoms with Crippen LogP contribution in [0.15, 0.2) is 30.6 Å². The van der Waals surface area contributed by atoms with Gasteiger partial charge in [-0.2, -0.15) is 0 Å². The first-order valence-corrected chi connectivity index (χ1v) is 44.6. The Hall–Kier alpha value is -16.1. The number of nitrogens with zero attached hydrogens (tertiary/aromatic N) is 6. The molecule has 0 aliphatic rings. The Balaban J connectivity index is 2.21. The highest BCUT2D eigenvalue weighted by Crippen LogP contribution is 2.26. The third-order valence-corrected chi connectivity index (χ3v) is 19.9. The van der Waals surface area contributed by atoms with Crippen LogP contribution in [0.3, 0.4) is 0 Å². The maximum absolute atomic E-state index is 15.2. The van der Waals surface area contributed by atoms with E-state index in [9.17, 15) is 39.0 Å². The van der Waals surface area contributed by atoms with Gasteiger partial charge in [-0.3, -0.25) is 107 Å². The Bertz CT molecular complexity index is 4490. The lowest BCUT2D eigenvalue weighted by Gasteiger charge is -2.29. The zero-order valence-electron chi connectivity index (χ0n) is 77.4. The number of hydrogen-bond acceptors (Lipinski definition) is 29. The van der Waals surface area contributed by atoms with Crippen LogP contribution in [0.4, 0.5) is 0 Å². The molecule has 0 saturated carbocycles. The normalized spacial score (nSPS) is 12.9. The van der Waals surface area contributed by atoms with Gasteiger partial charge in [0.25, 0.3) is 5.91 Å². The van der Waals surface area contributed by atoms with E-state index >= 15 is 24.0 Å². The number of benzene rings is 1. The number of guanidine groups is 10.